The zero-order chi connectivity index (χ0) is 19.7. The molecule has 2 N–H and O–H groups in total. The van der Waals surface area contributed by atoms with Crippen LogP contribution in [0.4, 0.5) is 0 Å². The highest BCUT2D eigenvalue weighted by molar-refractivity contribution is 6.36. The molecule has 0 saturated carbocycles. The number of amides is 1. The average Bonchev–Trinajstić information content (AvgIpc) is 3.15. The number of aromatic amines is 1. The van der Waals surface area contributed by atoms with Gasteiger partial charge in [-0.25, -0.2) is 4.79 Å². The van der Waals surface area contributed by atoms with E-state index in [4.69, 9.17) is 4.74 Å². The second-order valence-corrected chi connectivity index (χ2v) is 5.79. The minimum Gasteiger partial charge on any atom is -0.462 e. The molecule has 2 rings (SSSR count). The normalized spacial score (nSPS) is 18.1. The Morgan fingerprint density at radius 2 is 1.92 bits per heavy atom. The Bertz CT molecular complexity index is 737. The molecule has 1 aromatic heterocycles. The largest absolute Gasteiger partial charge is 0.462 e. The molecule has 1 aliphatic heterocycles. The van der Waals surface area contributed by atoms with Gasteiger partial charge in [0.25, 0.3) is 5.91 Å². The van der Waals surface area contributed by atoms with Gasteiger partial charge in [0.05, 0.1) is 34.8 Å². The standard InChI is InChI=1S/C16H19N3O3.C4H10/c1-5-12-14(17-4)11(15(20)19-12)8-13-10(7-9(3)18-13)16(21)22-6-2;1-3-4-2/h5,7-8,18H,6H2,1-4H3,(H,19,20);3-4H2,1-2H3/b11-8-,12-5+,17-14?;. The van der Waals surface area contributed by atoms with Gasteiger partial charge in [0.2, 0.25) is 0 Å². The first kappa shape index (κ1) is 21.4. The van der Waals surface area contributed by atoms with Gasteiger partial charge in [-0.1, -0.05) is 32.8 Å². The maximum absolute atomic E-state index is 12.1. The second kappa shape index (κ2) is 10.4. The fourth-order valence-electron chi connectivity index (χ4n) is 2.33. The van der Waals surface area contributed by atoms with Gasteiger partial charge in [-0.3, -0.25) is 9.79 Å². The maximum atomic E-state index is 12.1. The van der Waals surface area contributed by atoms with E-state index in [1.54, 1.807) is 32.2 Å². The lowest BCUT2D eigenvalue weighted by molar-refractivity contribution is -0.115. The van der Waals surface area contributed by atoms with Crippen molar-refractivity contribution >= 4 is 23.7 Å². The quantitative estimate of drug-likeness (QED) is 0.633. The lowest BCUT2D eigenvalue weighted by Crippen LogP contribution is -2.13. The summed E-state index contributed by atoms with van der Waals surface area (Å²) in [5, 5.41) is 2.75. The molecule has 6 nitrogen and oxygen atoms in total. The molecule has 1 aromatic rings. The number of unbranched alkanes of at least 4 members (excludes halogenated alkanes) is 1. The fourth-order valence-corrected chi connectivity index (χ4v) is 2.33. The number of allylic oxidation sites excluding steroid dienone is 2. The number of rotatable bonds is 4. The number of hydrogen-bond acceptors (Lipinski definition) is 4. The van der Waals surface area contributed by atoms with Crippen molar-refractivity contribution in [2.45, 2.75) is 47.5 Å². The maximum Gasteiger partial charge on any atom is 0.340 e. The van der Waals surface area contributed by atoms with Gasteiger partial charge in [0.15, 0.2) is 0 Å². The Morgan fingerprint density at radius 3 is 2.42 bits per heavy atom. The molecule has 0 aromatic carbocycles. The van der Waals surface area contributed by atoms with E-state index < -0.39 is 5.97 Å². The van der Waals surface area contributed by atoms with Crippen LogP contribution in [-0.2, 0) is 9.53 Å². The van der Waals surface area contributed by atoms with E-state index in [0.29, 0.717) is 34.8 Å². The predicted molar refractivity (Wildman–Crippen MR) is 105 cm³/mol. The highest BCUT2D eigenvalue weighted by Gasteiger charge is 2.28. The first-order valence-corrected chi connectivity index (χ1v) is 8.96. The van der Waals surface area contributed by atoms with E-state index in [9.17, 15) is 9.59 Å². The van der Waals surface area contributed by atoms with Gasteiger partial charge in [0.1, 0.15) is 0 Å². The number of nitrogens with one attached hydrogen (secondary N) is 2. The summed E-state index contributed by atoms with van der Waals surface area (Å²) in [5.41, 5.74) is 3.43. The zero-order valence-electron chi connectivity index (χ0n) is 16.5. The minimum atomic E-state index is -0.418. The summed E-state index contributed by atoms with van der Waals surface area (Å²) in [7, 11) is 1.62. The Balaban J connectivity index is 0.000000765. The first-order valence-electron chi connectivity index (χ1n) is 8.96. The number of carbonyl (C=O) groups is 2. The molecule has 26 heavy (non-hydrogen) atoms. The second-order valence-electron chi connectivity index (χ2n) is 5.79. The third-order valence-electron chi connectivity index (χ3n) is 3.78. The number of aromatic nitrogens is 1. The lowest BCUT2D eigenvalue weighted by Gasteiger charge is -2.01. The molecule has 2 heterocycles. The van der Waals surface area contributed by atoms with Gasteiger partial charge in [-0.15, -0.1) is 0 Å². The summed E-state index contributed by atoms with van der Waals surface area (Å²) < 4.78 is 5.04. The molecule has 0 unspecified atom stereocenters. The summed E-state index contributed by atoms with van der Waals surface area (Å²) in [6.07, 6.45) is 6.06. The Labute approximate surface area is 155 Å². The van der Waals surface area contributed by atoms with Crippen molar-refractivity contribution in [3.8, 4) is 0 Å². The van der Waals surface area contributed by atoms with Gasteiger partial charge in [-0.2, -0.15) is 0 Å². The molecule has 1 saturated heterocycles. The van der Waals surface area contributed by atoms with Crippen LogP contribution in [0.1, 0.15) is 62.3 Å². The van der Waals surface area contributed by atoms with Gasteiger partial charge >= 0.3 is 5.97 Å². The van der Waals surface area contributed by atoms with Crippen molar-refractivity contribution in [3.63, 3.8) is 0 Å². The molecule has 1 amide bonds. The van der Waals surface area contributed by atoms with Crippen LogP contribution in [-0.4, -0.2) is 36.2 Å². The van der Waals surface area contributed by atoms with Crippen LogP contribution >= 0.6 is 0 Å². The molecule has 0 atom stereocenters. The van der Waals surface area contributed by atoms with Gasteiger partial charge < -0.3 is 15.0 Å². The van der Waals surface area contributed by atoms with Crippen molar-refractivity contribution in [1.29, 1.82) is 0 Å². The average molecular weight is 359 g/mol. The summed E-state index contributed by atoms with van der Waals surface area (Å²) in [6.45, 7) is 10.1. The van der Waals surface area contributed by atoms with E-state index in [-0.39, 0.29) is 5.91 Å². The van der Waals surface area contributed by atoms with Crippen LogP contribution in [0, 0.1) is 6.92 Å². The molecular weight excluding hydrogens is 330 g/mol. The smallest absolute Gasteiger partial charge is 0.340 e. The number of H-pyrrole nitrogens is 1. The SMILES string of the molecule is C/C=C1/NC(=O)/C(=C\c2[nH]c(C)cc2C(=O)OCC)C1=NC.CCCC. The van der Waals surface area contributed by atoms with E-state index in [2.05, 4.69) is 29.1 Å². The minimum absolute atomic E-state index is 0.240. The molecule has 1 fully saturated rings. The van der Waals surface area contributed by atoms with E-state index in [0.717, 1.165) is 5.69 Å². The third-order valence-corrected chi connectivity index (χ3v) is 3.78. The Hall–Kier alpha value is -2.63. The van der Waals surface area contributed by atoms with E-state index >= 15 is 0 Å². The zero-order valence-corrected chi connectivity index (χ0v) is 16.5. The van der Waals surface area contributed by atoms with E-state index in [1.807, 2.05) is 13.8 Å². The van der Waals surface area contributed by atoms with Crippen LogP contribution in [0.2, 0.25) is 0 Å². The molecule has 0 radical (unpaired) electrons. The third kappa shape index (κ3) is 5.18. The number of aliphatic imine (C=N–C) groups is 1. The van der Waals surface area contributed by atoms with Crippen LogP contribution in [0.5, 0.6) is 0 Å². The Kier molecular flexibility index (Phi) is 8.55. The molecule has 6 heteroatoms. The van der Waals surface area contributed by atoms with Gasteiger partial charge in [-0.05, 0) is 32.9 Å². The molecular formula is C20H29N3O3. The lowest BCUT2D eigenvalue weighted by atomic mass is 10.1. The van der Waals surface area contributed by atoms with Crippen LogP contribution < -0.4 is 5.32 Å². The molecule has 142 valence electrons. The summed E-state index contributed by atoms with van der Waals surface area (Å²) in [5.74, 6) is -0.658. The predicted octanol–water partition coefficient (Wildman–Crippen LogP) is 3.79. The molecule has 0 spiro atoms. The highest BCUT2D eigenvalue weighted by Crippen LogP contribution is 2.21. The van der Waals surface area contributed by atoms with E-state index in [1.165, 1.54) is 12.8 Å². The topological polar surface area (TPSA) is 83.5 Å². The van der Waals surface area contributed by atoms with Crippen LogP contribution in [0.15, 0.2) is 28.4 Å². The first-order chi connectivity index (χ1) is 12.4. The van der Waals surface area contributed by atoms with Crippen molar-refractivity contribution < 1.29 is 14.3 Å². The number of aryl methyl sites for hydroxylation is 1. The molecule has 0 bridgehead atoms. The molecule has 1 aliphatic rings. The van der Waals surface area contributed by atoms with Crippen LogP contribution in [0.3, 0.4) is 0 Å². The Morgan fingerprint density at radius 1 is 1.27 bits per heavy atom. The van der Waals surface area contributed by atoms with Crippen molar-refractivity contribution in [1.82, 2.24) is 10.3 Å². The van der Waals surface area contributed by atoms with Crippen LogP contribution in [0.25, 0.3) is 6.08 Å². The van der Waals surface area contributed by atoms with Crippen molar-refractivity contribution in [3.05, 3.63) is 40.4 Å². The number of nitrogens with zero attached hydrogens (tertiary/aromatic N) is 1. The van der Waals surface area contributed by atoms with Gasteiger partial charge in [0, 0.05) is 12.7 Å². The highest BCUT2D eigenvalue weighted by atomic mass is 16.5. The number of hydrogen-bond donors (Lipinski definition) is 2. The fraction of sp³-hybridized carbons (Fsp3) is 0.450. The monoisotopic (exact) mass is 359 g/mol. The number of carbonyl (C=O) groups excluding carboxylic acids is 2. The van der Waals surface area contributed by atoms with Crippen molar-refractivity contribution in [2.24, 2.45) is 4.99 Å². The molecule has 0 aliphatic carbocycles. The summed E-state index contributed by atoms with van der Waals surface area (Å²) >= 11 is 0. The number of ether oxygens (including phenoxy) is 1. The number of esters is 1. The summed E-state index contributed by atoms with van der Waals surface area (Å²) in [4.78, 5) is 31.3. The van der Waals surface area contributed by atoms with Crippen molar-refractivity contribution in [2.75, 3.05) is 13.7 Å². The summed E-state index contributed by atoms with van der Waals surface area (Å²) in [6, 6.07) is 1.70.